The van der Waals surface area contributed by atoms with E-state index in [0.29, 0.717) is 45.2 Å². The first-order chi connectivity index (χ1) is 20.7. The molecule has 3 fully saturated rings. The van der Waals surface area contributed by atoms with Crippen LogP contribution in [0.4, 0.5) is 10.2 Å². The molecule has 2 saturated heterocycles. The number of aromatic carboxylic acids is 1. The number of hydrogen-bond acceptors (Lipinski definition) is 7. The van der Waals surface area contributed by atoms with Crippen molar-refractivity contribution >= 4 is 60.4 Å². The second kappa shape index (κ2) is 11.4. The predicted octanol–water partition coefficient (Wildman–Crippen LogP) is 7.07. The number of aromatic nitrogens is 2. The van der Waals surface area contributed by atoms with Gasteiger partial charge in [0.15, 0.2) is 0 Å². The Morgan fingerprint density at radius 1 is 1.21 bits per heavy atom. The van der Waals surface area contributed by atoms with E-state index in [0.717, 1.165) is 29.7 Å². The Bertz CT molecular complexity index is 1650. The number of pyridine rings is 1. The average molecular weight is 740 g/mol. The second-order valence-corrected chi connectivity index (χ2v) is 18.7. The molecule has 4 aliphatic rings. The minimum atomic E-state index is -1.36. The predicted molar refractivity (Wildman–Crippen MR) is 170 cm³/mol. The number of carboxylic acid groups (broad SMARTS) is 1. The fourth-order valence-corrected chi connectivity index (χ4v) is 12.4. The van der Waals surface area contributed by atoms with Gasteiger partial charge in [0.1, 0.15) is 5.82 Å². The maximum atomic E-state index is 14.5. The van der Waals surface area contributed by atoms with E-state index >= 15 is 0 Å². The topological polar surface area (TPSA) is 109 Å². The number of allylic oxidation sites excluding steroid dienone is 4. The quantitative estimate of drug-likeness (QED) is 0.177. The molecule has 8 nitrogen and oxygen atoms in total. The molecule has 0 bridgehead atoms. The number of ether oxygens (including phenoxy) is 1. The molecule has 4 heterocycles. The second-order valence-electron chi connectivity index (χ2n) is 11.4. The Balaban J connectivity index is 1.08. The van der Waals surface area contributed by atoms with Crippen LogP contribution in [0.15, 0.2) is 58.0 Å². The fraction of sp³-hybridized carbons (Fsp3) is 0.387. The van der Waals surface area contributed by atoms with Crippen molar-refractivity contribution in [2.24, 2.45) is 0 Å². The van der Waals surface area contributed by atoms with Crippen LogP contribution in [-0.4, -0.2) is 52.2 Å². The van der Waals surface area contributed by atoms with Crippen LogP contribution in [-0.2, 0) is 12.2 Å². The summed E-state index contributed by atoms with van der Waals surface area (Å²) < 4.78 is 29.1. The van der Waals surface area contributed by atoms with Crippen molar-refractivity contribution < 1.29 is 28.7 Å². The summed E-state index contributed by atoms with van der Waals surface area (Å²) in [5.41, 5.74) is 1.97. The minimum absolute atomic E-state index is 0.102. The van der Waals surface area contributed by atoms with Crippen molar-refractivity contribution in [2.45, 2.75) is 47.7 Å². The van der Waals surface area contributed by atoms with E-state index in [4.69, 9.17) is 37.6 Å². The molecule has 1 saturated carbocycles. The van der Waals surface area contributed by atoms with Crippen molar-refractivity contribution in [1.82, 2.24) is 10.1 Å². The zero-order valence-corrected chi connectivity index (χ0v) is 26.7. The van der Waals surface area contributed by atoms with Crippen molar-refractivity contribution in [2.75, 3.05) is 26.8 Å². The van der Waals surface area contributed by atoms with Crippen molar-refractivity contribution in [3.05, 3.63) is 86.6 Å². The van der Waals surface area contributed by atoms with Crippen LogP contribution >= 0.6 is 43.0 Å². The summed E-state index contributed by atoms with van der Waals surface area (Å²) in [7, 11) is 0. The SMILES string of the molecule is O=C(O)c1ccc(N2CC(O)(c3ccc(OCc4c(C5=C(Cl)C=C(F)CC5I5CCC5)noc4C4CC4)cc3Cl)C2)nc1. The van der Waals surface area contributed by atoms with E-state index in [-0.39, 0.29) is 35.0 Å². The normalized spacial score (nSPS) is 22.1. The Morgan fingerprint density at radius 3 is 2.63 bits per heavy atom. The number of anilines is 1. The summed E-state index contributed by atoms with van der Waals surface area (Å²) in [5, 5.41) is 25.6. The molecule has 12 heteroatoms. The molecule has 1 unspecified atom stereocenters. The molecule has 3 aromatic rings. The van der Waals surface area contributed by atoms with Gasteiger partial charge in [-0.2, -0.15) is 0 Å². The molecular formula is C31H29Cl2FIN3O5. The molecule has 0 radical (unpaired) electrons. The van der Waals surface area contributed by atoms with E-state index in [9.17, 15) is 14.3 Å². The van der Waals surface area contributed by atoms with Gasteiger partial charge in [0.2, 0.25) is 0 Å². The maximum absolute atomic E-state index is 14.5. The Hall–Kier alpha value is -2.67. The van der Waals surface area contributed by atoms with Crippen LogP contribution in [0, 0.1) is 0 Å². The molecule has 2 N–H and O–H groups in total. The monoisotopic (exact) mass is 739 g/mol. The number of aliphatic hydroxyl groups is 1. The van der Waals surface area contributed by atoms with Gasteiger partial charge in [-0.05, 0) is 12.1 Å². The molecule has 2 aliphatic heterocycles. The van der Waals surface area contributed by atoms with Crippen LogP contribution in [0.25, 0.3) is 5.57 Å². The number of benzene rings is 1. The van der Waals surface area contributed by atoms with E-state index in [2.05, 4.69) is 10.1 Å². The molecule has 0 spiro atoms. The Morgan fingerprint density at radius 2 is 2.00 bits per heavy atom. The molecule has 1 atom stereocenters. The summed E-state index contributed by atoms with van der Waals surface area (Å²) in [6.45, 7) is 0.729. The fourth-order valence-electron chi connectivity index (χ4n) is 5.85. The van der Waals surface area contributed by atoms with Crippen LogP contribution in [0.1, 0.15) is 64.5 Å². The van der Waals surface area contributed by atoms with Gasteiger partial charge in [-0.15, -0.1) is 0 Å². The number of nitrogens with zero attached hydrogens (tertiary/aromatic N) is 3. The molecule has 1 aromatic carbocycles. The van der Waals surface area contributed by atoms with Gasteiger partial charge in [0, 0.05) is 6.20 Å². The smallest absolute Gasteiger partial charge is 0.238 e. The Labute approximate surface area is 264 Å². The van der Waals surface area contributed by atoms with E-state index in [1.54, 1.807) is 24.3 Å². The number of hydrogen-bond donors (Lipinski definition) is 2. The van der Waals surface area contributed by atoms with E-state index in [1.165, 1.54) is 33.6 Å². The molecule has 226 valence electrons. The summed E-state index contributed by atoms with van der Waals surface area (Å²) >= 11 is 12.0. The summed E-state index contributed by atoms with van der Waals surface area (Å²) in [6, 6.07) is 8.34. The summed E-state index contributed by atoms with van der Waals surface area (Å²) in [4.78, 5) is 17.2. The van der Waals surface area contributed by atoms with Gasteiger partial charge >= 0.3 is 217 Å². The molecule has 2 aromatic heterocycles. The van der Waals surface area contributed by atoms with Crippen molar-refractivity contribution in [3.8, 4) is 5.75 Å². The third-order valence-electron chi connectivity index (χ3n) is 8.42. The van der Waals surface area contributed by atoms with E-state index < -0.39 is 31.4 Å². The zero-order valence-electron chi connectivity index (χ0n) is 23.0. The summed E-state index contributed by atoms with van der Waals surface area (Å²) in [5.74, 6) is 1.02. The van der Waals surface area contributed by atoms with Crippen LogP contribution < -0.4 is 9.64 Å². The molecule has 7 rings (SSSR count). The van der Waals surface area contributed by atoms with Crippen LogP contribution in [0.2, 0.25) is 5.02 Å². The minimum Gasteiger partial charge on any atom is -0.238 e. The molecular weight excluding hydrogens is 711 g/mol. The van der Waals surface area contributed by atoms with Gasteiger partial charge < -0.3 is 10.0 Å². The van der Waals surface area contributed by atoms with Gasteiger partial charge in [0.05, 0.1) is 5.56 Å². The van der Waals surface area contributed by atoms with Gasteiger partial charge in [-0.3, -0.25) is 0 Å². The van der Waals surface area contributed by atoms with Gasteiger partial charge in [-0.1, -0.05) is 0 Å². The van der Waals surface area contributed by atoms with Gasteiger partial charge in [-0.25, -0.2) is 9.78 Å². The van der Waals surface area contributed by atoms with Crippen LogP contribution in [0.5, 0.6) is 5.75 Å². The number of carboxylic acids is 1. The third-order valence-corrected chi connectivity index (χ3v) is 16.5. The molecule has 43 heavy (non-hydrogen) atoms. The van der Waals surface area contributed by atoms with Crippen LogP contribution in [0.3, 0.4) is 0 Å². The first kappa shape index (κ1) is 29.1. The van der Waals surface area contributed by atoms with Gasteiger partial charge in [0.25, 0.3) is 0 Å². The number of carbonyl (C=O) groups is 1. The molecule has 2 aliphatic carbocycles. The number of rotatable bonds is 9. The summed E-state index contributed by atoms with van der Waals surface area (Å²) in [6.07, 6.45) is 6.38. The van der Waals surface area contributed by atoms with Crippen molar-refractivity contribution in [3.63, 3.8) is 0 Å². The third kappa shape index (κ3) is 5.55. The Kier molecular flexibility index (Phi) is 7.68. The first-order valence-electron chi connectivity index (χ1n) is 14.1. The van der Waals surface area contributed by atoms with E-state index in [1.807, 2.05) is 4.90 Å². The number of alkyl halides is 3. The first-order valence-corrected chi connectivity index (χ1v) is 19.2. The number of halogens is 4. The zero-order chi connectivity index (χ0) is 29.9. The van der Waals surface area contributed by atoms with Crippen molar-refractivity contribution in [1.29, 1.82) is 0 Å². The standard InChI is InChI=1S/C31H29Cl2FIN3O5/c32-23-12-20(5-6-22(23)31(41)15-38(16-31)26-7-4-18(13-36-26)30(39)40)42-14-21-28(37-43-29(21)17-2-3-17)27-24(33)10-19(34)11-25(27)35-8-1-9-35/h4-7,10,12-13,17,25,41H,1-3,8-9,11,14-16H2,(H,39,40). The number of β-amino-alcohol motifs (C(OH)–C–C–N with tert-alkyl or cyclic N) is 1. The molecule has 0 amide bonds. The average Bonchev–Trinajstić information content (AvgIpc) is 3.69.